The van der Waals surface area contributed by atoms with Gasteiger partial charge in [-0.2, -0.15) is 0 Å². The van der Waals surface area contributed by atoms with Gasteiger partial charge in [-0.15, -0.1) is 0 Å². The third-order valence-electron chi connectivity index (χ3n) is 5.31. The van der Waals surface area contributed by atoms with E-state index in [0.29, 0.717) is 28.7 Å². The van der Waals surface area contributed by atoms with Gasteiger partial charge < -0.3 is 9.88 Å². The van der Waals surface area contributed by atoms with Crippen LogP contribution in [0.3, 0.4) is 0 Å². The van der Waals surface area contributed by atoms with E-state index in [0.717, 1.165) is 11.1 Å². The predicted molar refractivity (Wildman–Crippen MR) is 124 cm³/mol. The maximum Gasteiger partial charge on any atom is 0.239 e. The number of nitrogens with zero attached hydrogens (tertiary/aromatic N) is 1. The molecule has 32 heavy (non-hydrogen) atoms. The Balaban J connectivity index is 1.63. The zero-order valence-corrected chi connectivity index (χ0v) is 18.6. The number of rotatable bonds is 6. The van der Waals surface area contributed by atoms with Crippen LogP contribution in [-0.4, -0.2) is 24.6 Å². The van der Waals surface area contributed by atoms with Crippen molar-refractivity contribution in [3.8, 4) is 0 Å². The number of carbonyl (C=O) groups is 1. The number of hydrogen-bond donors (Lipinski definition) is 1. The molecule has 1 amide bonds. The first-order chi connectivity index (χ1) is 15.2. The van der Waals surface area contributed by atoms with E-state index >= 15 is 0 Å². The average Bonchev–Trinajstić information content (AvgIpc) is 3.09. The van der Waals surface area contributed by atoms with Gasteiger partial charge in [0.1, 0.15) is 11.6 Å². The molecular formula is C25H23FN2O3S. The number of aryl methyl sites for hydroxylation is 2. The lowest BCUT2D eigenvalue weighted by molar-refractivity contribution is -0.113. The molecule has 0 saturated carbocycles. The van der Waals surface area contributed by atoms with E-state index in [1.54, 1.807) is 34.9 Å². The first-order valence-corrected chi connectivity index (χ1v) is 11.8. The molecule has 164 valence electrons. The SMILES string of the molecule is Cc1ccc(NC(=O)CS(=O)(=O)c2cn(Cc3cccc(F)c3)c3ccccc23)c(C)c1. The van der Waals surface area contributed by atoms with Gasteiger partial charge in [-0.3, -0.25) is 4.79 Å². The minimum atomic E-state index is -3.91. The van der Waals surface area contributed by atoms with Gasteiger partial charge >= 0.3 is 0 Å². The number of fused-ring (bicyclic) bond motifs is 1. The maximum atomic E-state index is 13.6. The minimum Gasteiger partial charge on any atom is -0.342 e. The lowest BCUT2D eigenvalue weighted by atomic mass is 10.1. The van der Waals surface area contributed by atoms with Crippen LogP contribution in [0.15, 0.2) is 77.8 Å². The summed E-state index contributed by atoms with van der Waals surface area (Å²) >= 11 is 0. The monoisotopic (exact) mass is 450 g/mol. The van der Waals surface area contributed by atoms with Gasteiger partial charge in [0.25, 0.3) is 0 Å². The third kappa shape index (κ3) is 4.57. The van der Waals surface area contributed by atoms with Crippen molar-refractivity contribution in [1.29, 1.82) is 0 Å². The molecule has 1 N–H and O–H groups in total. The second-order valence-electron chi connectivity index (χ2n) is 7.89. The Hall–Kier alpha value is -3.45. The first kappa shape index (κ1) is 21.8. The highest BCUT2D eigenvalue weighted by molar-refractivity contribution is 7.92. The molecule has 3 aromatic carbocycles. The van der Waals surface area contributed by atoms with Crippen molar-refractivity contribution in [2.75, 3.05) is 11.1 Å². The van der Waals surface area contributed by atoms with Gasteiger partial charge in [0, 0.05) is 29.3 Å². The fourth-order valence-corrected chi connectivity index (χ4v) is 5.18. The smallest absolute Gasteiger partial charge is 0.239 e. The topological polar surface area (TPSA) is 68.2 Å². The van der Waals surface area contributed by atoms with Crippen molar-refractivity contribution in [3.05, 3.63) is 95.4 Å². The molecule has 0 fully saturated rings. The van der Waals surface area contributed by atoms with E-state index in [2.05, 4.69) is 5.32 Å². The molecule has 0 saturated heterocycles. The van der Waals surface area contributed by atoms with Crippen LogP contribution in [0.1, 0.15) is 16.7 Å². The van der Waals surface area contributed by atoms with Crippen molar-refractivity contribution in [2.24, 2.45) is 0 Å². The van der Waals surface area contributed by atoms with Crippen LogP contribution in [0.25, 0.3) is 10.9 Å². The summed E-state index contributed by atoms with van der Waals surface area (Å²) in [5.41, 5.74) is 3.92. The van der Waals surface area contributed by atoms with E-state index in [1.807, 2.05) is 38.1 Å². The molecule has 0 aliphatic carbocycles. The molecule has 0 aliphatic rings. The highest BCUT2D eigenvalue weighted by Gasteiger charge is 2.24. The number of carbonyl (C=O) groups excluding carboxylic acids is 1. The van der Waals surface area contributed by atoms with Crippen LogP contribution in [0.4, 0.5) is 10.1 Å². The molecule has 0 bridgehead atoms. The van der Waals surface area contributed by atoms with E-state index < -0.39 is 21.5 Å². The van der Waals surface area contributed by atoms with Crippen LogP contribution in [0, 0.1) is 19.7 Å². The van der Waals surface area contributed by atoms with Gasteiger partial charge in [0.2, 0.25) is 5.91 Å². The number of para-hydroxylation sites is 1. The van der Waals surface area contributed by atoms with Gasteiger partial charge in [-0.05, 0) is 49.2 Å². The summed E-state index contributed by atoms with van der Waals surface area (Å²) in [5.74, 6) is -1.62. The van der Waals surface area contributed by atoms with Crippen LogP contribution in [-0.2, 0) is 21.2 Å². The lowest BCUT2D eigenvalue weighted by Crippen LogP contribution is -2.23. The summed E-state index contributed by atoms with van der Waals surface area (Å²) in [6.07, 6.45) is 1.52. The summed E-state index contributed by atoms with van der Waals surface area (Å²) in [6, 6.07) is 18.8. The Kier molecular flexibility index (Phi) is 5.84. The number of aromatic nitrogens is 1. The Bertz CT molecular complexity index is 1420. The van der Waals surface area contributed by atoms with E-state index in [-0.39, 0.29) is 10.7 Å². The van der Waals surface area contributed by atoms with Crippen LogP contribution < -0.4 is 5.32 Å². The van der Waals surface area contributed by atoms with Crippen LogP contribution in [0.5, 0.6) is 0 Å². The molecule has 7 heteroatoms. The normalized spacial score (nSPS) is 11.6. The summed E-state index contributed by atoms with van der Waals surface area (Å²) < 4.78 is 41.7. The number of nitrogens with one attached hydrogen (secondary N) is 1. The number of sulfone groups is 1. The Morgan fingerprint density at radius 3 is 2.53 bits per heavy atom. The third-order valence-corrected chi connectivity index (χ3v) is 6.94. The number of benzene rings is 3. The Labute approximate surface area is 186 Å². The van der Waals surface area contributed by atoms with E-state index in [1.165, 1.54) is 18.3 Å². The molecule has 1 heterocycles. The predicted octanol–water partition coefficient (Wildman–Crippen LogP) is 4.86. The average molecular weight is 451 g/mol. The zero-order chi connectivity index (χ0) is 22.9. The Morgan fingerprint density at radius 1 is 1.00 bits per heavy atom. The van der Waals surface area contributed by atoms with Crippen LogP contribution >= 0.6 is 0 Å². The van der Waals surface area contributed by atoms with Crippen molar-refractivity contribution in [2.45, 2.75) is 25.3 Å². The summed E-state index contributed by atoms with van der Waals surface area (Å²) in [6.45, 7) is 4.11. The molecule has 0 aliphatic heterocycles. The minimum absolute atomic E-state index is 0.0836. The number of hydrogen-bond acceptors (Lipinski definition) is 3. The van der Waals surface area contributed by atoms with Crippen LogP contribution in [0.2, 0.25) is 0 Å². The summed E-state index contributed by atoms with van der Waals surface area (Å²) in [5, 5.41) is 3.23. The zero-order valence-electron chi connectivity index (χ0n) is 17.8. The number of anilines is 1. The second-order valence-corrected chi connectivity index (χ2v) is 9.85. The van der Waals surface area contributed by atoms with Gasteiger partial charge in [-0.1, -0.05) is 48.0 Å². The first-order valence-electron chi connectivity index (χ1n) is 10.1. The fourth-order valence-electron chi connectivity index (χ4n) is 3.81. The van der Waals surface area contributed by atoms with Gasteiger partial charge in [0.05, 0.1) is 4.90 Å². The lowest BCUT2D eigenvalue weighted by Gasteiger charge is -2.09. The van der Waals surface area contributed by atoms with E-state index in [4.69, 9.17) is 0 Å². The van der Waals surface area contributed by atoms with Gasteiger partial charge in [-0.25, -0.2) is 12.8 Å². The fraction of sp³-hybridized carbons (Fsp3) is 0.160. The molecule has 5 nitrogen and oxygen atoms in total. The van der Waals surface area contributed by atoms with Crippen molar-refractivity contribution in [1.82, 2.24) is 4.57 Å². The maximum absolute atomic E-state index is 13.6. The highest BCUT2D eigenvalue weighted by atomic mass is 32.2. The summed E-state index contributed by atoms with van der Waals surface area (Å²) in [7, 11) is -3.91. The largest absolute Gasteiger partial charge is 0.342 e. The molecular weight excluding hydrogens is 427 g/mol. The van der Waals surface area contributed by atoms with Crippen molar-refractivity contribution in [3.63, 3.8) is 0 Å². The Morgan fingerprint density at radius 2 is 1.78 bits per heavy atom. The van der Waals surface area contributed by atoms with Crippen molar-refractivity contribution >= 4 is 32.3 Å². The second kappa shape index (κ2) is 8.59. The van der Waals surface area contributed by atoms with Gasteiger partial charge in [0.15, 0.2) is 9.84 Å². The molecule has 0 atom stereocenters. The highest BCUT2D eigenvalue weighted by Crippen LogP contribution is 2.27. The standard InChI is InChI=1S/C25H23FN2O3S/c1-17-10-11-22(18(2)12-17)27-25(29)16-32(30,31)24-15-28(23-9-4-3-8-21(23)24)14-19-6-5-7-20(26)13-19/h3-13,15H,14,16H2,1-2H3,(H,27,29). The molecule has 0 radical (unpaired) electrons. The number of amides is 1. The molecule has 0 unspecified atom stereocenters. The molecule has 4 aromatic rings. The molecule has 4 rings (SSSR count). The summed E-state index contributed by atoms with van der Waals surface area (Å²) in [4.78, 5) is 12.7. The molecule has 0 spiro atoms. The molecule has 1 aromatic heterocycles. The van der Waals surface area contributed by atoms with E-state index in [9.17, 15) is 17.6 Å². The quantitative estimate of drug-likeness (QED) is 0.456. The number of halogens is 1. The van der Waals surface area contributed by atoms with Crippen molar-refractivity contribution < 1.29 is 17.6 Å².